The van der Waals surface area contributed by atoms with E-state index in [0.717, 1.165) is 101 Å². The summed E-state index contributed by atoms with van der Waals surface area (Å²) in [5.41, 5.74) is 8.89. The van der Waals surface area contributed by atoms with Crippen molar-refractivity contribution in [2.24, 2.45) is 5.92 Å². The van der Waals surface area contributed by atoms with Crippen molar-refractivity contribution in [3.8, 4) is 39.4 Å². The Bertz CT molecular complexity index is 2110. The number of hydrogen-bond donors (Lipinski definition) is 3. The van der Waals surface area contributed by atoms with Crippen LogP contribution in [0.25, 0.3) is 33.6 Å². The van der Waals surface area contributed by atoms with Gasteiger partial charge in [-0.25, -0.2) is 19.6 Å². The van der Waals surface area contributed by atoms with Gasteiger partial charge >= 0.3 is 12.2 Å². The van der Waals surface area contributed by atoms with Gasteiger partial charge in [0.05, 0.1) is 36.8 Å². The number of H-pyrrole nitrogens is 2. The summed E-state index contributed by atoms with van der Waals surface area (Å²) in [6.07, 6.45) is 5.98. The van der Waals surface area contributed by atoms with Crippen LogP contribution in [0.5, 0.6) is 5.75 Å². The number of aromatic nitrogens is 4. The highest BCUT2D eigenvalue weighted by Crippen LogP contribution is 2.45. The van der Waals surface area contributed by atoms with Gasteiger partial charge in [0.25, 0.3) is 0 Å². The molecule has 3 N–H and O–H groups in total. The van der Waals surface area contributed by atoms with Crippen LogP contribution in [0.3, 0.4) is 0 Å². The fraction of sp³-hybridized carbons (Fsp3) is 0.488. The Kier molecular flexibility index (Phi) is 9.13. The summed E-state index contributed by atoms with van der Waals surface area (Å²) in [6.45, 7) is 11.2. The maximum absolute atomic E-state index is 13.7. The van der Waals surface area contributed by atoms with E-state index < -0.39 is 17.7 Å². The number of nitrogens with one attached hydrogen (secondary N) is 3. The fourth-order valence-corrected chi connectivity index (χ4v) is 8.37. The molecule has 0 saturated carbocycles. The predicted octanol–water partition coefficient (Wildman–Crippen LogP) is 7.24. The van der Waals surface area contributed by atoms with Crippen molar-refractivity contribution in [2.45, 2.75) is 103 Å². The van der Waals surface area contributed by atoms with Gasteiger partial charge in [-0.3, -0.25) is 9.69 Å². The van der Waals surface area contributed by atoms with E-state index in [1.165, 1.54) is 12.7 Å². The van der Waals surface area contributed by atoms with E-state index in [9.17, 15) is 14.4 Å². The van der Waals surface area contributed by atoms with Crippen molar-refractivity contribution in [2.75, 3.05) is 20.2 Å². The molecule has 0 spiro atoms. The molecule has 2 aromatic carbocycles. The molecule has 2 saturated heterocycles. The third kappa shape index (κ3) is 6.58. The Morgan fingerprint density at radius 1 is 0.926 bits per heavy atom. The Morgan fingerprint density at radius 2 is 1.69 bits per heavy atom. The number of aromatic amines is 2. The lowest BCUT2D eigenvalue weighted by Crippen LogP contribution is -2.51. The van der Waals surface area contributed by atoms with E-state index in [0.29, 0.717) is 19.7 Å². The van der Waals surface area contributed by atoms with Gasteiger partial charge in [-0.15, -0.1) is 0 Å². The van der Waals surface area contributed by atoms with Crippen LogP contribution < -0.4 is 10.1 Å². The average molecular weight is 736 g/mol. The Hall–Kier alpha value is -5.33. The summed E-state index contributed by atoms with van der Waals surface area (Å²) in [5.74, 6) is 2.15. The van der Waals surface area contributed by atoms with Crippen molar-refractivity contribution in [1.29, 1.82) is 0 Å². The van der Waals surface area contributed by atoms with Crippen LogP contribution in [0, 0.1) is 5.92 Å². The summed E-state index contributed by atoms with van der Waals surface area (Å²) in [7, 11) is 1.30. The van der Waals surface area contributed by atoms with Crippen LogP contribution in [0.2, 0.25) is 0 Å². The van der Waals surface area contributed by atoms with Gasteiger partial charge in [-0.05, 0) is 106 Å². The highest BCUT2D eigenvalue weighted by Gasteiger charge is 2.39. The van der Waals surface area contributed by atoms with Gasteiger partial charge in [-0.2, -0.15) is 0 Å². The molecule has 284 valence electrons. The maximum Gasteiger partial charge on any atom is 0.410 e. The molecule has 3 unspecified atom stereocenters. The number of carbonyl (C=O) groups excluding carboxylic acids is 3. The SMILES string of the molecule is COC(=O)NC(C(=O)N1CCCC1c1nc2c([nH]1)CCc1cc3c(cc1-2)OCc1cc(-c2cnc(C4CCCN4C(=O)OC(C)(C)C)[nH]2)ccc1-3)C(C)C. The molecule has 4 aliphatic rings. The van der Waals surface area contributed by atoms with Crippen LogP contribution in [0.1, 0.15) is 101 Å². The van der Waals surface area contributed by atoms with E-state index in [1.54, 1.807) is 4.90 Å². The third-order valence-corrected chi connectivity index (χ3v) is 11.0. The molecule has 3 atom stereocenters. The first-order chi connectivity index (χ1) is 25.9. The van der Waals surface area contributed by atoms with Gasteiger partial charge in [0, 0.05) is 29.9 Å². The number of rotatable bonds is 6. The van der Waals surface area contributed by atoms with Crippen LogP contribution in [0.15, 0.2) is 36.5 Å². The molecule has 54 heavy (non-hydrogen) atoms. The summed E-state index contributed by atoms with van der Waals surface area (Å²) in [5, 5.41) is 2.73. The molecular formula is C41H49N7O6. The number of carbonyl (C=O) groups is 3. The van der Waals surface area contributed by atoms with E-state index in [1.807, 2.05) is 45.7 Å². The second-order valence-electron chi connectivity index (χ2n) is 16.2. The molecule has 5 heterocycles. The molecular weight excluding hydrogens is 686 g/mol. The Morgan fingerprint density at radius 3 is 2.43 bits per heavy atom. The molecule has 2 fully saturated rings. The topological polar surface area (TPSA) is 155 Å². The fourth-order valence-electron chi connectivity index (χ4n) is 8.37. The number of fused-ring (bicyclic) bond motifs is 6. The third-order valence-electron chi connectivity index (χ3n) is 11.0. The van der Waals surface area contributed by atoms with Gasteiger partial charge in [0.2, 0.25) is 5.91 Å². The van der Waals surface area contributed by atoms with E-state index in [2.05, 4.69) is 45.6 Å². The number of hydrogen-bond acceptors (Lipinski definition) is 8. The minimum atomic E-state index is -0.684. The number of imidazole rings is 2. The number of amides is 3. The molecule has 3 amide bonds. The van der Waals surface area contributed by atoms with Crippen molar-refractivity contribution in [1.82, 2.24) is 35.1 Å². The second kappa shape index (κ2) is 13.8. The Balaban J connectivity index is 1.02. The number of likely N-dealkylation sites (tertiary alicyclic amines) is 2. The first kappa shape index (κ1) is 35.7. The molecule has 1 aliphatic carbocycles. The summed E-state index contributed by atoms with van der Waals surface area (Å²) < 4.78 is 16.9. The van der Waals surface area contributed by atoms with Crippen LogP contribution in [0.4, 0.5) is 9.59 Å². The zero-order valence-corrected chi connectivity index (χ0v) is 31.9. The minimum absolute atomic E-state index is 0.101. The van der Waals surface area contributed by atoms with Gasteiger partial charge in [-0.1, -0.05) is 26.0 Å². The lowest BCUT2D eigenvalue weighted by molar-refractivity contribution is -0.135. The average Bonchev–Trinajstić information content (AvgIpc) is 3.97. The number of methoxy groups -OCH3 is 1. The number of ether oxygens (including phenoxy) is 3. The smallest absolute Gasteiger partial charge is 0.410 e. The molecule has 13 nitrogen and oxygen atoms in total. The molecule has 13 heteroatoms. The van der Waals surface area contributed by atoms with Crippen molar-refractivity contribution >= 4 is 18.1 Å². The predicted molar refractivity (Wildman–Crippen MR) is 202 cm³/mol. The van der Waals surface area contributed by atoms with Crippen molar-refractivity contribution < 1.29 is 28.6 Å². The van der Waals surface area contributed by atoms with Gasteiger partial charge in [0.1, 0.15) is 35.6 Å². The van der Waals surface area contributed by atoms with Crippen LogP contribution in [-0.2, 0) is 33.7 Å². The normalized spacial score (nSPS) is 19.4. The molecule has 3 aliphatic heterocycles. The van der Waals surface area contributed by atoms with Crippen LogP contribution >= 0.6 is 0 Å². The van der Waals surface area contributed by atoms with Crippen molar-refractivity contribution in [3.63, 3.8) is 0 Å². The quantitative estimate of drug-likeness (QED) is 0.187. The Labute approximate surface area is 315 Å². The van der Waals surface area contributed by atoms with Crippen molar-refractivity contribution in [3.05, 3.63) is 65.0 Å². The zero-order chi connectivity index (χ0) is 37.9. The molecule has 0 bridgehead atoms. The highest BCUT2D eigenvalue weighted by atomic mass is 16.6. The van der Waals surface area contributed by atoms with Gasteiger partial charge in [0.15, 0.2) is 0 Å². The van der Waals surface area contributed by atoms with Crippen LogP contribution in [-0.4, -0.2) is 79.7 Å². The standard InChI is InChI=1S/C41H49N7O6/c1-22(2)34(46-39(50)52-6)38(49)47-15-7-10-32(47)37-43-29-14-12-23-18-28-26-13-11-24(17-25(26)21-53-33(28)19-27(23)35(29)45-37)30-20-42-36(44-30)31-9-8-16-48(31)40(51)54-41(3,4)5/h11,13,17-20,22,31-32,34H,7-10,12,14-16,21H2,1-6H3,(H,42,44)(H,43,45)(H,46,50). The molecule has 2 aromatic heterocycles. The molecule has 8 rings (SSSR count). The van der Waals surface area contributed by atoms with Gasteiger partial charge < -0.3 is 34.4 Å². The number of aryl methyl sites for hydroxylation is 2. The number of benzene rings is 2. The summed E-state index contributed by atoms with van der Waals surface area (Å²) in [4.78, 5) is 59.2. The lowest BCUT2D eigenvalue weighted by Gasteiger charge is -2.30. The summed E-state index contributed by atoms with van der Waals surface area (Å²) >= 11 is 0. The number of nitrogens with zero attached hydrogens (tertiary/aromatic N) is 4. The first-order valence-corrected chi connectivity index (χ1v) is 19.1. The monoisotopic (exact) mass is 735 g/mol. The largest absolute Gasteiger partial charge is 0.488 e. The van der Waals surface area contributed by atoms with E-state index in [4.69, 9.17) is 24.2 Å². The lowest BCUT2D eigenvalue weighted by atomic mass is 9.86. The second-order valence-corrected chi connectivity index (χ2v) is 16.2. The zero-order valence-electron chi connectivity index (χ0n) is 31.9. The van der Waals surface area contributed by atoms with E-state index in [-0.39, 0.29) is 30.0 Å². The first-order valence-electron chi connectivity index (χ1n) is 19.1. The molecule has 4 aromatic rings. The molecule has 0 radical (unpaired) electrons. The van der Waals surface area contributed by atoms with E-state index >= 15 is 0 Å². The maximum atomic E-state index is 13.7. The minimum Gasteiger partial charge on any atom is -0.488 e. The summed E-state index contributed by atoms with van der Waals surface area (Å²) in [6, 6.07) is 9.77. The number of alkyl carbamates (subject to hydrolysis) is 1. The highest BCUT2D eigenvalue weighted by molar-refractivity contribution is 5.87.